The van der Waals surface area contributed by atoms with E-state index in [2.05, 4.69) is 6.92 Å². The number of phosphoric acid groups is 1. The van der Waals surface area contributed by atoms with Crippen LogP contribution < -0.4 is 0 Å². The highest BCUT2D eigenvalue weighted by molar-refractivity contribution is 7.47. The Balaban J connectivity index is 4.58. The molecule has 0 radical (unpaired) electrons. The van der Waals surface area contributed by atoms with E-state index >= 15 is 0 Å². The van der Waals surface area contributed by atoms with Gasteiger partial charge in [-0.15, -0.1) is 0 Å². The Labute approximate surface area is 181 Å². The average molecular weight is 455 g/mol. The maximum atomic E-state index is 12.1. The lowest BCUT2D eigenvalue weighted by Gasteiger charge is -2.24. The molecule has 0 aromatic carbocycles. The van der Waals surface area contributed by atoms with Crippen LogP contribution in [0.1, 0.15) is 65.2 Å². The molecule has 9 nitrogen and oxygen atoms in total. The lowest BCUT2D eigenvalue weighted by molar-refractivity contribution is -0.870. The zero-order valence-electron chi connectivity index (χ0n) is 19.3. The molecule has 0 saturated heterocycles. The van der Waals surface area contributed by atoms with Crippen molar-refractivity contribution in [3.8, 4) is 0 Å². The Morgan fingerprint density at radius 3 is 2.17 bits per heavy atom. The van der Waals surface area contributed by atoms with Crippen molar-refractivity contribution in [1.29, 1.82) is 0 Å². The smallest absolute Gasteiger partial charge is 0.462 e. The van der Waals surface area contributed by atoms with Gasteiger partial charge in [0.15, 0.2) is 6.10 Å². The zero-order valence-corrected chi connectivity index (χ0v) is 20.2. The normalized spacial score (nSPS) is 14.7. The third kappa shape index (κ3) is 17.8. The van der Waals surface area contributed by atoms with E-state index in [1.807, 2.05) is 28.1 Å². The van der Waals surface area contributed by atoms with Gasteiger partial charge in [0.05, 0.1) is 27.7 Å². The number of likely N-dealkylation sites (N-methyl/N-ethyl adjacent to an activating group) is 1. The van der Waals surface area contributed by atoms with Crippen molar-refractivity contribution in [2.75, 3.05) is 47.5 Å². The number of phosphoric ester groups is 1. The van der Waals surface area contributed by atoms with Crippen LogP contribution in [0, 0.1) is 0 Å². The topological polar surface area (TPSA) is 108 Å². The number of hydrogen-bond acceptors (Lipinski definition) is 7. The van der Waals surface area contributed by atoms with Gasteiger partial charge in [-0.25, -0.2) is 4.57 Å². The number of quaternary nitrogens is 1. The summed E-state index contributed by atoms with van der Waals surface area (Å²) in [5.41, 5.74) is 0. The third-order valence-electron chi connectivity index (χ3n) is 4.11. The van der Waals surface area contributed by atoms with Gasteiger partial charge in [0.25, 0.3) is 0 Å². The number of esters is 2. The van der Waals surface area contributed by atoms with Crippen molar-refractivity contribution >= 4 is 19.8 Å². The Kier molecular flexibility index (Phi) is 15.2. The highest BCUT2D eigenvalue weighted by Crippen LogP contribution is 2.43. The van der Waals surface area contributed by atoms with Crippen LogP contribution in [-0.4, -0.2) is 74.9 Å². The number of carbonyl (C=O) groups excluding carboxylic acids is 2. The predicted molar refractivity (Wildman–Crippen MR) is 114 cm³/mol. The molecular formula is C20H41NO8P+. The maximum Gasteiger partial charge on any atom is 0.472 e. The molecule has 0 aromatic rings. The number of rotatable bonds is 18. The summed E-state index contributed by atoms with van der Waals surface area (Å²) in [7, 11) is 1.46. The summed E-state index contributed by atoms with van der Waals surface area (Å²) < 4.78 is 32.9. The van der Waals surface area contributed by atoms with Crippen LogP contribution in [0.5, 0.6) is 0 Å². The summed E-state index contributed by atoms with van der Waals surface area (Å²) in [5.74, 6) is -0.880. The van der Waals surface area contributed by atoms with E-state index in [-0.39, 0.29) is 26.1 Å². The minimum atomic E-state index is -4.31. The van der Waals surface area contributed by atoms with Gasteiger partial charge in [-0.05, 0) is 12.8 Å². The van der Waals surface area contributed by atoms with Gasteiger partial charge in [0.2, 0.25) is 0 Å². The quantitative estimate of drug-likeness (QED) is 0.145. The van der Waals surface area contributed by atoms with Crippen LogP contribution >= 0.6 is 7.82 Å². The van der Waals surface area contributed by atoms with Gasteiger partial charge >= 0.3 is 19.8 Å². The minimum Gasteiger partial charge on any atom is -0.462 e. The second-order valence-electron chi connectivity index (χ2n) is 8.32. The van der Waals surface area contributed by atoms with Crippen LogP contribution in [-0.2, 0) is 32.7 Å². The van der Waals surface area contributed by atoms with Gasteiger partial charge in [-0.1, -0.05) is 39.5 Å². The molecule has 0 aliphatic rings. The molecule has 1 unspecified atom stereocenters. The Morgan fingerprint density at radius 1 is 0.900 bits per heavy atom. The van der Waals surface area contributed by atoms with Crippen molar-refractivity contribution in [3.63, 3.8) is 0 Å². The Hall–Kier alpha value is -0.990. The van der Waals surface area contributed by atoms with E-state index in [1.54, 1.807) is 0 Å². The third-order valence-corrected chi connectivity index (χ3v) is 5.09. The first-order valence-corrected chi connectivity index (χ1v) is 12.3. The largest absolute Gasteiger partial charge is 0.472 e. The van der Waals surface area contributed by atoms with Gasteiger partial charge in [-0.2, -0.15) is 0 Å². The lowest BCUT2D eigenvalue weighted by Crippen LogP contribution is -2.37. The summed E-state index contributed by atoms with van der Waals surface area (Å²) in [6, 6.07) is 0. The van der Waals surface area contributed by atoms with Crippen molar-refractivity contribution in [2.45, 2.75) is 71.3 Å². The maximum absolute atomic E-state index is 12.1. The van der Waals surface area contributed by atoms with Gasteiger partial charge in [-0.3, -0.25) is 18.6 Å². The first-order chi connectivity index (χ1) is 14.0. The van der Waals surface area contributed by atoms with Crippen LogP contribution in [0.15, 0.2) is 0 Å². The van der Waals surface area contributed by atoms with E-state index in [4.69, 9.17) is 18.5 Å². The molecule has 0 spiro atoms. The van der Waals surface area contributed by atoms with Gasteiger partial charge in [0, 0.05) is 12.8 Å². The van der Waals surface area contributed by atoms with E-state index in [0.717, 1.165) is 25.7 Å². The number of unbranched alkanes of at least 4 members (excludes halogenated alkanes) is 4. The summed E-state index contributed by atoms with van der Waals surface area (Å²) in [6.45, 7) is 3.86. The fraction of sp³-hybridized carbons (Fsp3) is 0.900. The monoisotopic (exact) mass is 454 g/mol. The van der Waals surface area contributed by atoms with Crippen molar-refractivity contribution in [1.82, 2.24) is 0 Å². The molecule has 0 saturated carbocycles. The molecule has 0 amide bonds. The summed E-state index contributed by atoms with van der Waals surface area (Å²) in [6.07, 6.45) is 5.06. The summed E-state index contributed by atoms with van der Waals surface area (Å²) in [5, 5.41) is 0. The number of nitrogens with zero attached hydrogens (tertiary/aromatic N) is 1. The number of ether oxygens (including phenoxy) is 2. The summed E-state index contributed by atoms with van der Waals surface area (Å²) >= 11 is 0. The molecule has 2 atom stereocenters. The van der Waals surface area contributed by atoms with E-state index in [1.165, 1.54) is 0 Å². The van der Waals surface area contributed by atoms with Crippen molar-refractivity contribution in [3.05, 3.63) is 0 Å². The summed E-state index contributed by atoms with van der Waals surface area (Å²) in [4.78, 5) is 33.5. The van der Waals surface area contributed by atoms with Crippen LogP contribution in [0.4, 0.5) is 0 Å². The molecule has 0 rings (SSSR count). The van der Waals surface area contributed by atoms with Crippen molar-refractivity contribution in [2.24, 2.45) is 0 Å². The first-order valence-electron chi connectivity index (χ1n) is 10.8. The first kappa shape index (κ1) is 29.0. The molecule has 10 heteroatoms. The Bertz CT molecular complexity index is 535. The predicted octanol–water partition coefficient (Wildman–Crippen LogP) is 3.44. The highest BCUT2D eigenvalue weighted by atomic mass is 31.2. The van der Waals surface area contributed by atoms with E-state index in [9.17, 15) is 19.0 Å². The second-order valence-corrected chi connectivity index (χ2v) is 9.77. The second kappa shape index (κ2) is 15.8. The lowest BCUT2D eigenvalue weighted by atomic mass is 10.1. The molecule has 0 fully saturated rings. The molecule has 1 N–H and O–H groups in total. The zero-order chi connectivity index (χ0) is 23.0. The Morgan fingerprint density at radius 2 is 1.57 bits per heavy atom. The molecule has 30 heavy (non-hydrogen) atoms. The fourth-order valence-electron chi connectivity index (χ4n) is 2.34. The molecule has 0 aliphatic carbocycles. The molecule has 0 heterocycles. The molecule has 0 aromatic heterocycles. The van der Waals surface area contributed by atoms with Crippen LogP contribution in [0.25, 0.3) is 0 Å². The van der Waals surface area contributed by atoms with Crippen molar-refractivity contribution < 1.29 is 42.1 Å². The standard InChI is InChI=1S/C20H40NO8P/c1-6-8-9-10-11-13-20(23)29-18(16-26-19(22)12-7-2)17-28-30(24,25)27-15-14-21(3,4)5/h18H,6-17H2,1-5H3/p+1/t18-/m0/s1. The molecule has 0 bridgehead atoms. The molecular weight excluding hydrogens is 413 g/mol. The SMILES string of the molecule is CCCCCCCC(=O)O[C@@H](COC(=O)CCC)COP(=O)(O)OCC[N+](C)(C)C. The van der Waals surface area contributed by atoms with E-state index < -0.39 is 32.5 Å². The van der Waals surface area contributed by atoms with E-state index in [0.29, 0.717) is 23.9 Å². The number of carbonyl (C=O) groups is 2. The van der Waals surface area contributed by atoms with Crippen LogP contribution in [0.3, 0.4) is 0 Å². The minimum absolute atomic E-state index is 0.0327. The number of hydrogen-bond donors (Lipinski definition) is 1. The van der Waals surface area contributed by atoms with Gasteiger partial charge in [0.1, 0.15) is 19.8 Å². The molecule has 0 aliphatic heterocycles. The highest BCUT2D eigenvalue weighted by Gasteiger charge is 2.26. The van der Waals surface area contributed by atoms with Crippen LogP contribution in [0.2, 0.25) is 0 Å². The fourth-order valence-corrected chi connectivity index (χ4v) is 3.08. The van der Waals surface area contributed by atoms with Gasteiger partial charge < -0.3 is 18.9 Å². The molecule has 178 valence electrons. The average Bonchev–Trinajstić information content (AvgIpc) is 2.62.